The highest BCUT2D eigenvalue weighted by atomic mass is 16.2. The van der Waals surface area contributed by atoms with Crippen LogP contribution in [0.15, 0.2) is 0 Å². The third kappa shape index (κ3) is 7.04. The van der Waals surface area contributed by atoms with Crippen LogP contribution in [0.4, 0.5) is 0 Å². The number of hydrazine groups is 1. The van der Waals surface area contributed by atoms with Crippen LogP contribution in [0.1, 0.15) is 47.5 Å². The predicted octanol–water partition coefficient (Wildman–Crippen LogP) is 1.53. The molecular weight excluding hydrogens is 232 g/mol. The third-order valence-corrected chi connectivity index (χ3v) is 2.30. The van der Waals surface area contributed by atoms with Crippen molar-refractivity contribution in [3.05, 3.63) is 0 Å². The van der Waals surface area contributed by atoms with Gasteiger partial charge in [0.25, 0.3) is 0 Å². The van der Waals surface area contributed by atoms with Gasteiger partial charge in [-0.3, -0.25) is 19.8 Å². The zero-order chi connectivity index (χ0) is 14.3. The van der Waals surface area contributed by atoms with Gasteiger partial charge in [-0.05, 0) is 18.3 Å². The Morgan fingerprint density at radius 1 is 1.06 bits per heavy atom. The van der Waals surface area contributed by atoms with Crippen LogP contribution in [0.5, 0.6) is 0 Å². The van der Waals surface area contributed by atoms with Crippen LogP contribution >= 0.6 is 0 Å². The van der Waals surface area contributed by atoms with Crippen molar-refractivity contribution >= 4 is 17.6 Å². The van der Waals surface area contributed by atoms with Crippen molar-refractivity contribution in [1.82, 2.24) is 10.4 Å². The maximum absolute atomic E-state index is 11.7. The number of carbonyl (C=O) groups excluding carboxylic acids is 3. The molecule has 0 saturated heterocycles. The van der Waals surface area contributed by atoms with E-state index in [-0.39, 0.29) is 11.8 Å². The number of hydrogen-bond donors (Lipinski definition) is 1. The minimum absolute atomic E-state index is 0.179. The fourth-order valence-corrected chi connectivity index (χ4v) is 1.36. The first-order valence-electron chi connectivity index (χ1n) is 6.36. The van der Waals surface area contributed by atoms with Crippen LogP contribution < -0.4 is 5.43 Å². The molecule has 0 radical (unpaired) electrons. The first-order valence-corrected chi connectivity index (χ1v) is 6.36. The van der Waals surface area contributed by atoms with E-state index in [0.717, 1.165) is 11.4 Å². The molecule has 0 aromatic carbocycles. The van der Waals surface area contributed by atoms with Crippen LogP contribution in [0.25, 0.3) is 0 Å². The molecule has 0 unspecified atom stereocenters. The second-order valence-electron chi connectivity index (χ2n) is 5.33. The molecule has 0 bridgehead atoms. The zero-order valence-electron chi connectivity index (χ0n) is 11.9. The number of amides is 2. The summed E-state index contributed by atoms with van der Waals surface area (Å²) < 4.78 is 0. The Balaban J connectivity index is 4.45. The minimum atomic E-state index is -0.665. The van der Waals surface area contributed by atoms with Crippen molar-refractivity contribution in [3.63, 3.8) is 0 Å². The molecule has 0 aliphatic heterocycles. The second kappa shape index (κ2) is 7.84. The smallest absolute Gasteiger partial charge is 0.289 e. The lowest BCUT2D eigenvalue weighted by Crippen LogP contribution is -2.50. The zero-order valence-corrected chi connectivity index (χ0v) is 11.9. The lowest BCUT2D eigenvalue weighted by molar-refractivity contribution is -0.149. The Morgan fingerprint density at radius 2 is 1.61 bits per heavy atom. The molecule has 5 heteroatoms. The van der Waals surface area contributed by atoms with Gasteiger partial charge >= 0.3 is 5.91 Å². The topological polar surface area (TPSA) is 66.5 Å². The molecule has 104 valence electrons. The highest BCUT2D eigenvalue weighted by Gasteiger charge is 2.20. The van der Waals surface area contributed by atoms with E-state index in [1.165, 1.54) is 6.92 Å². The average Bonchev–Trinajstić information content (AvgIpc) is 2.23. The molecule has 0 atom stereocenters. The van der Waals surface area contributed by atoms with E-state index >= 15 is 0 Å². The second-order valence-corrected chi connectivity index (χ2v) is 5.33. The van der Waals surface area contributed by atoms with Crippen molar-refractivity contribution in [2.45, 2.75) is 47.5 Å². The first kappa shape index (κ1) is 16.6. The predicted molar refractivity (Wildman–Crippen MR) is 69.4 cm³/mol. The fourth-order valence-electron chi connectivity index (χ4n) is 1.36. The van der Waals surface area contributed by atoms with Gasteiger partial charge in [0.15, 0.2) is 0 Å². The molecule has 0 heterocycles. The molecule has 0 rings (SSSR count). The van der Waals surface area contributed by atoms with Gasteiger partial charge in [0.1, 0.15) is 0 Å². The Morgan fingerprint density at radius 3 is 2.00 bits per heavy atom. The van der Waals surface area contributed by atoms with Gasteiger partial charge in [-0.25, -0.2) is 5.01 Å². The van der Waals surface area contributed by atoms with Crippen molar-refractivity contribution in [2.24, 2.45) is 11.8 Å². The quantitative estimate of drug-likeness (QED) is 0.579. The molecule has 0 aromatic heterocycles. The van der Waals surface area contributed by atoms with Crippen LogP contribution in [0, 0.1) is 11.8 Å². The number of carbonyl (C=O) groups is 3. The molecule has 1 N–H and O–H groups in total. The number of nitrogens with zero attached hydrogens (tertiary/aromatic N) is 1. The van der Waals surface area contributed by atoms with Gasteiger partial charge in [-0.1, -0.05) is 27.7 Å². The number of ketones is 1. The fraction of sp³-hybridized carbons (Fsp3) is 0.769. The molecule has 5 nitrogen and oxygen atoms in total. The molecule has 0 saturated carbocycles. The van der Waals surface area contributed by atoms with Crippen molar-refractivity contribution < 1.29 is 14.4 Å². The number of rotatable bonds is 6. The molecule has 2 amide bonds. The van der Waals surface area contributed by atoms with E-state index in [9.17, 15) is 14.4 Å². The SMILES string of the molecule is CC(=O)C(=O)N(CC(C)C)NC(=O)CCC(C)C. The van der Waals surface area contributed by atoms with Crippen LogP contribution in [-0.2, 0) is 14.4 Å². The molecule has 0 fully saturated rings. The summed E-state index contributed by atoms with van der Waals surface area (Å²) in [7, 11) is 0. The maximum atomic E-state index is 11.7. The van der Waals surface area contributed by atoms with Gasteiger partial charge < -0.3 is 0 Å². The Kier molecular flexibility index (Phi) is 7.24. The van der Waals surface area contributed by atoms with E-state index in [0.29, 0.717) is 18.9 Å². The summed E-state index contributed by atoms with van der Waals surface area (Å²) in [6.07, 6.45) is 1.12. The first-order chi connectivity index (χ1) is 8.23. The maximum Gasteiger partial charge on any atom is 0.308 e. The molecule has 0 aliphatic rings. The number of Topliss-reactive ketones (excluding diaryl/α,β-unsaturated/α-hetero) is 1. The van der Waals surface area contributed by atoms with Crippen LogP contribution in [0.3, 0.4) is 0 Å². The van der Waals surface area contributed by atoms with Gasteiger partial charge in [0.2, 0.25) is 11.7 Å². The third-order valence-electron chi connectivity index (χ3n) is 2.30. The molecule has 0 spiro atoms. The lowest BCUT2D eigenvalue weighted by atomic mass is 10.1. The van der Waals surface area contributed by atoms with E-state index in [1.807, 2.05) is 27.7 Å². The average molecular weight is 256 g/mol. The van der Waals surface area contributed by atoms with E-state index in [1.54, 1.807) is 0 Å². The summed E-state index contributed by atoms with van der Waals surface area (Å²) >= 11 is 0. The monoisotopic (exact) mass is 256 g/mol. The summed E-state index contributed by atoms with van der Waals surface area (Å²) in [6.45, 7) is 9.43. The standard InChI is InChI=1S/C13H24N2O3/c1-9(2)6-7-12(17)14-15(8-10(3)4)13(18)11(5)16/h9-10H,6-8H2,1-5H3,(H,14,17). The van der Waals surface area contributed by atoms with E-state index < -0.39 is 11.7 Å². The Hall–Kier alpha value is -1.39. The summed E-state index contributed by atoms with van der Waals surface area (Å²) in [6, 6.07) is 0. The summed E-state index contributed by atoms with van der Waals surface area (Å²) in [5, 5.41) is 1.12. The molecular formula is C13H24N2O3. The van der Waals surface area contributed by atoms with Crippen molar-refractivity contribution in [3.8, 4) is 0 Å². The highest BCUT2D eigenvalue weighted by molar-refractivity contribution is 6.35. The minimum Gasteiger partial charge on any atom is -0.289 e. The molecule has 0 aliphatic carbocycles. The summed E-state index contributed by atoms with van der Waals surface area (Å²) in [4.78, 5) is 34.3. The normalized spacial score (nSPS) is 10.6. The van der Waals surface area contributed by atoms with Crippen LogP contribution in [0.2, 0.25) is 0 Å². The number of hydrogen-bond acceptors (Lipinski definition) is 3. The van der Waals surface area contributed by atoms with Gasteiger partial charge in [-0.15, -0.1) is 0 Å². The van der Waals surface area contributed by atoms with Gasteiger partial charge in [-0.2, -0.15) is 0 Å². The number of nitrogens with one attached hydrogen (secondary N) is 1. The lowest BCUT2D eigenvalue weighted by Gasteiger charge is -2.24. The van der Waals surface area contributed by atoms with E-state index in [4.69, 9.17) is 0 Å². The Bertz CT molecular complexity index is 311. The molecule has 0 aromatic rings. The van der Waals surface area contributed by atoms with E-state index in [2.05, 4.69) is 5.43 Å². The van der Waals surface area contributed by atoms with Crippen molar-refractivity contribution in [1.29, 1.82) is 0 Å². The largest absolute Gasteiger partial charge is 0.308 e. The Labute approximate surface area is 109 Å². The van der Waals surface area contributed by atoms with Crippen LogP contribution in [-0.4, -0.2) is 29.2 Å². The van der Waals surface area contributed by atoms with Crippen molar-refractivity contribution in [2.75, 3.05) is 6.54 Å². The molecule has 18 heavy (non-hydrogen) atoms. The highest BCUT2D eigenvalue weighted by Crippen LogP contribution is 2.04. The summed E-state index contributed by atoms with van der Waals surface area (Å²) in [5.74, 6) is -0.850. The van der Waals surface area contributed by atoms with Gasteiger partial charge in [0, 0.05) is 19.9 Å². The summed E-state index contributed by atoms with van der Waals surface area (Å²) in [5.41, 5.74) is 2.51. The van der Waals surface area contributed by atoms with Gasteiger partial charge in [0.05, 0.1) is 0 Å².